The molecule has 0 N–H and O–H groups in total. The van der Waals surface area contributed by atoms with E-state index in [-0.39, 0.29) is 0 Å². The Hall–Kier alpha value is -0.560. The van der Waals surface area contributed by atoms with Gasteiger partial charge in [-0.15, -0.1) is 22.9 Å². The van der Waals surface area contributed by atoms with E-state index >= 15 is 0 Å². The Bertz CT molecular complexity index is 527. The molecule has 0 saturated carbocycles. The van der Waals surface area contributed by atoms with Gasteiger partial charge in [0.25, 0.3) is 0 Å². The van der Waals surface area contributed by atoms with E-state index < -0.39 is 0 Å². The lowest BCUT2D eigenvalue weighted by Crippen LogP contribution is -1.78. The number of hydrogen-bond donors (Lipinski definition) is 0. The summed E-state index contributed by atoms with van der Waals surface area (Å²) in [6.45, 7) is 0. The van der Waals surface area contributed by atoms with Gasteiger partial charge in [0, 0.05) is 20.4 Å². The molecule has 1 nitrogen and oxygen atoms in total. The third-order valence-corrected chi connectivity index (χ3v) is 3.87. The molecule has 2 rings (SSSR count). The molecule has 0 aliphatic heterocycles. The largest absolute Gasteiger partial charge is 0.192 e. The Morgan fingerprint density at radius 3 is 2.93 bits per heavy atom. The van der Waals surface area contributed by atoms with Crippen LogP contribution in [0.15, 0.2) is 22.0 Å². The fourth-order valence-corrected chi connectivity index (χ4v) is 3.52. The van der Waals surface area contributed by atoms with Crippen LogP contribution in [-0.4, -0.2) is 0 Å². The predicted octanol–water partition coefficient (Wildman–Crippen LogP) is 4.27. The number of nitrogens with zero attached hydrogens (tertiary/aromatic N) is 1. The number of benzene rings is 1. The lowest BCUT2D eigenvalue weighted by atomic mass is 10.1. The van der Waals surface area contributed by atoms with Gasteiger partial charge in [0.1, 0.15) is 0 Å². The van der Waals surface area contributed by atoms with Gasteiger partial charge < -0.3 is 0 Å². The molecule has 1 aromatic heterocycles. The molecule has 0 fully saturated rings. The number of fused-ring (bicyclic) bond motifs is 1. The Kier molecular flexibility index (Phi) is 2.78. The quantitative estimate of drug-likeness (QED) is 0.718. The van der Waals surface area contributed by atoms with Gasteiger partial charge in [0.15, 0.2) is 0 Å². The normalized spacial score (nSPS) is 10.4. The van der Waals surface area contributed by atoms with Crippen LogP contribution in [0.5, 0.6) is 0 Å². The fourth-order valence-electron chi connectivity index (χ4n) is 1.34. The second kappa shape index (κ2) is 3.90. The van der Waals surface area contributed by atoms with Crippen molar-refractivity contribution in [3.8, 4) is 6.07 Å². The molecule has 0 radical (unpaired) electrons. The molecule has 0 bridgehead atoms. The lowest BCUT2D eigenvalue weighted by Gasteiger charge is -1.98. The predicted molar refractivity (Wildman–Crippen MR) is 63.8 cm³/mol. The van der Waals surface area contributed by atoms with Crippen molar-refractivity contribution in [2.24, 2.45) is 0 Å². The Balaban J connectivity index is 2.80. The average molecular weight is 287 g/mol. The first-order valence-electron chi connectivity index (χ1n) is 3.92. The van der Waals surface area contributed by atoms with Crippen molar-refractivity contribution in [1.29, 1.82) is 5.26 Å². The number of thiophene rings is 1. The molecule has 0 aliphatic carbocycles. The van der Waals surface area contributed by atoms with Crippen molar-refractivity contribution >= 4 is 49.0 Å². The van der Waals surface area contributed by atoms with Crippen LogP contribution in [0, 0.1) is 11.3 Å². The standard InChI is InChI=1S/C10H5BrClNS/c11-8-1-6(4-13)2-9-10(8)7(3-12)5-14-9/h1-2,5H,3H2. The van der Waals surface area contributed by atoms with Gasteiger partial charge >= 0.3 is 0 Å². The number of rotatable bonds is 1. The van der Waals surface area contributed by atoms with Crippen molar-refractivity contribution in [2.75, 3.05) is 0 Å². The van der Waals surface area contributed by atoms with Crippen molar-refractivity contribution < 1.29 is 0 Å². The van der Waals surface area contributed by atoms with Crippen molar-refractivity contribution in [3.63, 3.8) is 0 Å². The minimum atomic E-state index is 0.504. The van der Waals surface area contributed by atoms with E-state index in [0.29, 0.717) is 11.4 Å². The van der Waals surface area contributed by atoms with E-state index in [4.69, 9.17) is 16.9 Å². The molecule has 14 heavy (non-hydrogen) atoms. The third-order valence-electron chi connectivity index (χ3n) is 1.98. The van der Waals surface area contributed by atoms with Gasteiger partial charge in [0.2, 0.25) is 0 Å². The first-order valence-corrected chi connectivity index (χ1v) is 6.12. The van der Waals surface area contributed by atoms with Crippen molar-refractivity contribution in [2.45, 2.75) is 5.88 Å². The zero-order valence-electron chi connectivity index (χ0n) is 7.05. The minimum Gasteiger partial charge on any atom is -0.192 e. The van der Waals surface area contributed by atoms with Crippen molar-refractivity contribution in [1.82, 2.24) is 0 Å². The summed E-state index contributed by atoms with van der Waals surface area (Å²) in [7, 11) is 0. The van der Waals surface area contributed by atoms with Crippen LogP contribution in [0.25, 0.3) is 10.1 Å². The summed E-state index contributed by atoms with van der Waals surface area (Å²) in [6, 6.07) is 5.85. The Labute approximate surface area is 99.0 Å². The maximum atomic E-state index is 8.79. The highest BCUT2D eigenvalue weighted by molar-refractivity contribution is 9.10. The highest BCUT2D eigenvalue weighted by Gasteiger charge is 2.08. The molecule has 1 aromatic carbocycles. The summed E-state index contributed by atoms with van der Waals surface area (Å²) in [5.74, 6) is 0.504. The summed E-state index contributed by atoms with van der Waals surface area (Å²) in [6.07, 6.45) is 0. The van der Waals surface area contributed by atoms with E-state index in [1.165, 1.54) is 0 Å². The molecular formula is C10H5BrClNS. The molecule has 0 amide bonds. The Morgan fingerprint density at radius 2 is 2.29 bits per heavy atom. The summed E-state index contributed by atoms with van der Waals surface area (Å²) < 4.78 is 2.05. The number of halogens is 2. The molecule has 2 aromatic rings. The third kappa shape index (κ3) is 1.54. The average Bonchev–Trinajstić information content (AvgIpc) is 2.61. The second-order valence-corrected chi connectivity index (χ2v) is 4.87. The number of alkyl halides is 1. The summed E-state index contributed by atoms with van der Waals surface area (Å²) in [5.41, 5.74) is 1.79. The van der Waals surface area contributed by atoms with Crippen LogP contribution in [-0.2, 0) is 5.88 Å². The molecule has 0 unspecified atom stereocenters. The molecule has 0 atom stereocenters. The van der Waals surface area contributed by atoms with Gasteiger partial charge in [0.05, 0.1) is 11.6 Å². The molecule has 4 heteroatoms. The van der Waals surface area contributed by atoms with Gasteiger partial charge in [-0.1, -0.05) is 15.9 Å². The molecule has 70 valence electrons. The second-order valence-electron chi connectivity index (χ2n) is 2.84. The first kappa shape index (κ1) is 9.97. The van der Waals surface area contributed by atoms with Crippen LogP contribution in [0.3, 0.4) is 0 Å². The maximum absolute atomic E-state index is 8.79. The number of hydrogen-bond acceptors (Lipinski definition) is 2. The first-order chi connectivity index (χ1) is 6.76. The van der Waals surface area contributed by atoms with Crippen LogP contribution in [0.2, 0.25) is 0 Å². The van der Waals surface area contributed by atoms with Gasteiger partial charge in [-0.25, -0.2) is 0 Å². The summed E-state index contributed by atoms with van der Waals surface area (Å²) >= 11 is 10.9. The van der Waals surface area contributed by atoms with E-state index in [1.54, 1.807) is 11.3 Å². The van der Waals surface area contributed by atoms with Crippen LogP contribution < -0.4 is 0 Å². The van der Waals surface area contributed by atoms with Gasteiger partial charge in [-0.05, 0) is 23.1 Å². The lowest BCUT2D eigenvalue weighted by molar-refractivity contribution is 1.47. The maximum Gasteiger partial charge on any atom is 0.0992 e. The van der Waals surface area contributed by atoms with E-state index in [1.807, 2.05) is 17.5 Å². The molecule has 1 heterocycles. The van der Waals surface area contributed by atoms with E-state index in [0.717, 1.165) is 20.1 Å². The van der Waals surface area contributed by atoms with Crippen LogP contribution >= 0.6 is 38.9 Å². The monoisotopic (exact) mass is 285 g/mol. The summed E-state index contributed by atoms with van der Waals surface area (Å²) in [5, 5.41) is 12.0. The Morgan fingerprint density at radius 1 is 1.50 bits per heavy atom. The zero-order valence-corrected chi connectivity index (χ0v) is 10.2. The van der Waals surface area contributed by atoms with E-state index in [9.17, 15) is 0 Å². The smallest absolute Gasteiger partial charge is 0.0992 e. The highest BCUT2D eigenvalue weighted by Crippen LogP contribution is 2.34. The van der Waals surface area contributed by atoms with Crippen LogP contribution in [0.1, 0.15) is 11.1 Å². The topological polar surface area (TPSA) is 23.8 Å². The molecule has 0 aliphatic rings. The van der Waals surface area contributed by atoms with Gasteiger partial charge in [-0.2, -0.15) is 5.26 Å². The molecule has 0 saturated heterocycles. The fraction of sp³-hybridized carbons (Fsp3) is 0.100. The SMILES string of the molecule is N#Cc1cc(Br)c2c(CCl)csc2c1. The zero-order chi connectivity index (χ0) is 10.1. The minimum absolute atomic E-state index is 0.504. The highest BCUT2D eigenvalue weighted by atomic mass is 79.9. The molecule has 0 spiro atoms. The van der Waals surface area contributed by atoms with E-state index in [2.05, 4.69) is 22.0 Å². The van der Waals surface area contributed by atoms with Crippen LogP contribution in [0.4, 0.5) is 0 Å². The van der Waals surface area contributed by atoms with Gasteiger partial charge in [-0.3, -0.25) is 0 Å². The summed E-state index contributed by atoms with van der Waals surface area (Å²) in [4.78, 5) is 0. The van der Waals surface area contributed by atoms with Crippen molar-refractivity contribution in [3.05, 3.63) is 33.1 Å². The molecular weight excluding hydrogens is 282 g/mol. The number of nitriles is 1.